The minimum Gasteiger partial charge on any atom is -0.297 e. The van der Waals surface area contributed by atoms with Crippen molar-refractivity contribution >= 4 is 39.4 Å². The molecule has 5 heterocycles. The number of fused-ring (bicyclic) bond motifs is 1. The zero-order valence-electron chi connectivity index (χ0n) is 15.2. The Morgan fingerprint density at radius 3 is 2.83 bits per heavy atom. The van der Waals surface area contributed by atoms with Gasteiger partial charge in [0.1, 0.15) is 0 Å². The van der Waals surface area contributed by atoms with Crippen molar-refractivity contribution < 1.29 is 4.79 Å². The fourth-order valence-corrected chi connectivity index (χ4v) is 4.39. The van der Waals surface area contributed by atoms with E-state index in [1.54, 1.807) is 29.3 Å². The van der Waals surface area contributed by atoms with Crippen LogP contribution < -0.4 is 5.32 Å². The lowest BCUT2D eigenvalue weighted by atomic mass is 10.1. The fraction of sp³-hybridized carbons (Fsp3) is 0.0500. The number of pyridine rings is 1. The number of nitrogens with one attached hydrogen (secondary N) is 1. The normalized spacial score (nSPS) is 11.1. The van der Waals surface area contributed by atoms with Crippen molar-refractivity contribution in [2.45, 2.75) is 6.92 Å². The molecular formula is C20H14N6OS2. The van der Waals surface area contributed by atoms with Gasteiger partial charge >= 0.3 is 0 Å². The van der Waals surface area contributed by atoms with Crippen LogP contribution in [0.5, 0.6) is 0 Å². The summed E-state index contributed by atoms with van der Waals surface area (Å²) in [5, 5.41) is 9.81. The molecule has 0 unspecified atom stereocenters. The predicted molar refractivity (Wildman–Crippen MR) is 114 cm³/mol. The molecular weight excluding hydrogens is 404 g/mol. The first-order valence-corrected chi connectivity index (χ1v) is 10.4. The van der Waals surface area contributed by atoms with Crippen molar-refractivity contribution in [2.24, 2.45) is 0 Å². The van der Waals surface area contributed by atoms with E-state index in [1.807, 2.05) is 42.9 Å². The minimum absolute atomic E-state index is 0.168. The molecule has 0 atom stereocenters. The summed E-state index contributed by atoms with van der Waals surface area (Å²) in [6, 6.07) is 5.72. The molecule has 0 saturated carbocycles. The van der Waals surface area contributed by atoms with Crippen LogP contribution in [0.2, 0.25) is 0 Å². The molecule has 29 heavy (non-hydrogen) atoms. The molecule has 0 aliphatic carbocycles. The third-order valence-corrected chi connectivity index (χ3v) is 6.08. The molecule has 1 amide bonds. The lowest BCUT2D eigenvalue weighted by molar-refractivity contribution is 0.103. The van der Waals surface area contributed by atoms with Crippen molar-refractivity contribution in [3.8, 4) is 22.3 Å². The molecule has 7 nitrogen and oxygen atoms in total. The monoisotopic (exact) mass is 418 g/mol. The SMILES string of the molecule is Cc1cnc(NC(=O)c2cc(-c3cnn4cc(-c5cccnc5)cnc34)cs2)s1. The summed E-state index contributed by atoms with van der Waals surface area (Å²) in [6.45, 7) is 1.95. The number of thiazole rings is 1. The quantitative estimate of drug-likeness (QED) is 0.463. The largest absolute Gasteiger partial charge is 0.297 e. The van der Waals surface area contributed by atoms with E-state index in [2.05, 4.69) is 25.4 Å². The Morgan fingerprint density at radius 2 is 2.03 bits per heavy atom. The average molecular weight is 419 g/mol. The van der Waals surface area contributed by atoms with Crippen LogP contribution in [0, 0.1) is 6.92 Å². The summed E-state index contributed by atoms with van der Waals surface area (Å²) in [5.41, 5.74) is 4.43. The molecule has 0 bridgehead atoms. The van der Waals surface area contributed by atoms with Crippen LogP contribution in [0.4, 0.5) is 5.13 Å². The van der Waals surface area contributed by atoms with Crippen LogP contribution in [-0.2, 0) is 0 Å². The number of carbonyl (C=O) groups excluding carboxylic acids is 1. The van der Waals surface area contributed by atoms with Crippen molar-refractivity contribution in [1.29, 1.82) is 0 Å². The number of nitrogens with zero attached hydrogens (tertiary/aromatic N) is 5. The van der Waals surface area contributed by atoms with Gasteiger partial charge in [-0.3, -0.25) is 15.1 Å². The van der Waals surface area contributed by atoms with E-state index in [4.69, 9.17) is 0 Å². The Labute approximate surface area is 173 Å². The van der Waals surface area contributed by atoms with Crippen molar-refractivity contribution in [3.05, 3.63) is 70.5 Å². The van der Waals surface area contributed by atoms with Crippen LogP contribution in [0.1, 0.15) is 14.5 Å². The number of aromatic nitrogens is 5. The van der Waals surface area contributed by atoms with E-state index in [9.17, 15) is 4.79 Å². The Balaban J connectivity index is 1.43. The molecule has 0 spiro atoms. The topological polar surface area (TPSA) is 85.1 Å². The highest BCUT2D eigenvalue weighted by atomic mass is 32.1. The maximum atomic E-state index is 12.5. The summed E-state index contributed by atoms with van der Waals surface area (Å²) in [7, 11) is 0. The Morgan fingerprint density at radius 1 is 1.10 bits per heavy atom. The highest BCUT2D eigenvalue weighted by molar-refractivity contribution is 7.16. The smallest absolute Gasteiger partial charge is 0.267 e. The summed E-state index contributed by atoms with van der Waals surface area (Å²) in [6.07, 6.45) is 10.8. The minimum atomic E-state index is -0.168. The van der Waals surface area contributed by atoms with E-state index in [1.165, 1.54) is 22.7 Å². The summed E-state index contributed by atoms with van der Waals surface area (Å²) in [4.78, 5) is 27.1. The van der Waals surface area contributed by atoms with Crippen molar-refractivity contribution in [2.75, 3.05) is 5.32 Å². The van der Waals surface area contributed by atoms with Gasteiger partial charge < -0.3 is 0 Å². The number of rotatable bonds is 4. The van der Waals surface area contributed by atoms with Gasteiger partial charge in [0, 0.05) is 52.6 Å². The Kier molecular flexibility index (Phi) is 4.38. The van der Waals surface area contributed by atoms with Crippen LogP contribution in [0.3, 0.4) is 0 Å². The molecule has 1 N–H and O–H groups in total. The van der Waals surface area contributed by atoms with Gasteiger partial charge in [-0.25, -0.2) is 14.5 Å². The van der Waals surface area contributed by atoms with Gasteiger partial charge in [-0.2, -0.15) is 5.10 Å². The third kappa shape index (κ3) is 3.41. The average Bonchev–Trinajstić information content (AvgIpc) is 3.47. The zero-order chi connectivity index (χ0) is 19.8. The number of hydrogen-bond acceptors (Lipinski definition) is 7. The maximum absolute atomic E-state index is 12.5. The molecule has 0 fully saturated rings. The van der Waals surface area contributed by atoms with E-state index in [0.29, 0.717) is 10.0 Å². The van der Waals surface area contributed by atoms with Crippen molar-refractivity contribution in [1.82, 2.24) is 24.6 Å². The lowest BCUT2D eigenvalue weighted by Crippen LogP contribution is -2.09. The lowest BCUT2D eigenvalue weighted by Gasteiger charge is -2.02. The molecule has 5 aromatic heterocycles. The molecule has 0 saturated heterocycles. The van der Waals surface area contributed by atoms with Gasteiger partial charge in [0.2, 0.25) is 0 Å². The van der Waals surface area contributed by atoms with Crippen LogP contribution in [0.15, 0.2) is 60.8 Å². The number of thiophene rings is 1. The molecule has 0 radical (unpaired) electrons. The Hall–Kier alpha value is -3.43. The maximum Gasteiger partial charge on any atom is 0.267 e. The third-order valence-electron chi connectivity index (χ3n) is 4.33. The van der Waals surface area contributed by atoms with Gasteiger partial charge in [-0.05, 0) is 30.0 Å². The molecule has 0 aliphatic heterocycles. The predicted octanol–water partition coefficient (Wildman–Crippen LogP) is 4.54. The fourth-order valence-electron chi connectivity index (χ4n) is 2.93. The Bertz CT molecular complexity index is 1320. The van der Waals surface area contributed by atoms with Crippen molar-refractivity contribution in [3.63, 3.8) is 0 Å². The van der Waals surface area contributed by atoms with E-state index in [-0.39, 0.29) is 5.91 Å². The second-order valence-electron chi connectivity index (χ2n) is 6.34. The van der Waals surface area contributed by atoms with E-state index in [0.717, 1.165) is 32.8 Å². The van der Waals surface area contributed by atoms with E-state index >= 15 is 0 Å². The van der Waals surface area contributed by atoms with Gasteiger partial charge in [0.25, 0.3) is 5.91 Å². The molecule has 142 valence electrons. The highest BCUT2D eigenvalue weighted by Crippen LogP contribution is 2.30. The van der Waals surface area contributed by atoms with Gasteiger partial charge in [-0.1, -0.05) is 6.07 Å². The zero-order valence-corrected chi connectivity index (χ0v) is 16.9. The first kappa shape index (κ1) is 17.7. The standard InChI is InChI=1S/C20H14N6OS2/c1-12-6-23-20(29-12)25-19(27)17-5-14(11-28-17)16-9-24-26-10-15(8-22-18(16)26)13-3-2-4-21-7-13/h2-11H,1H3,(H,23,25,27). The molecule has 5 rings (SSSR count). The van der Waals surface area contributed by atoms with Gasteiger partial charge in [0.05, 0.1) is 11.1 Å². The first-order valence-electron chi connectivity index (χ1n) is 8.74. The number of carbonyl (C=O) groups is 1. The summed E-state index contributed by atoms with van der Waals surface area (Å²) in [5.74, 6) is -0.168. The number of anilines is 1. The van der Waals surface area contributed by atoms with Gasteiger partial charge in [-0.15, -0.1) is 22.7 Å². The number of aryl methyl sites for hydroxylation is 1. The highest BCUT2D eigenvalue weighted by Gasteiger charge is 2.15. The number of hydrogen-bond donors (Lipinski definition) is 1. The second kappa shape index (κ2) is 7.19. The molecule has 5 aromatic rings. The molecule has 9 heteroatoms. The van der Waals surface area contributed by atoms with Crippen LogP contribution in [0.25, 0.3) is 27.9 Å². The molecule has 0 aromatic carbocycles. The first-order chi connectivity index (χ1) is 14.2. The number of amides is 1. The summed E-state index contributed by atoms with van der Waals surface area (Å²) < 4.78 is 1.74. The molecule has 0 aliphatic rings. The summed E-state index contributed by atoms with van der Waals surface area (Å²) >= 11 is 2.83. The van der Waals surface area contributed by atoms with Gasteiger partial charge in [0.15, 0.2) is 10.8 Å². The second-order valence-corrected chi connectivity index (χ2v) is 8.49. The van der Waals surface area contributed by atoms with E-state index < -0.39 is 0 Å². The van der Waals surface area contributed by atoms with Crippen LogP contribution in [-0.4, -0.2) is 30.5 Å². The van der Waals surface area contributed by atoms with Crippen LogP contribution >= 0.6 is 22.7 Å².